The summed E-state index contributed by atoms with van der Waals surface area (Å²) in [6.07, 6.45) is 7.45. The summed E-state index contributed by atoms with van der Waals surface area (Å²) in [5, 5.41) is 7.21. The predicted molar refractivity (Wildman–Crippen MR) is 90.7 cm³/mol. The summed E-state index contributed by atoms with van der Waals surface area (Å²) in [5.74, 6) is 0. The van der Waals surface area contributed by atoms with Gasteiger partial charge in [0.25, 0.3) is 0 Å². The second kappa shape index (κ2) is 8.78. The van der Waals surface area contributed by atoms with Gasteiger partial charge in [-0.2, -0.15) is 0 Å². The van der Waals surface area contributed by atoms with E-state index in [4.69, 9.17) is 4.98 Å². The van der Waals surface area contributed by atoms with Gasteiger partial charge >= 0.3 is 0 Å². The Balaban J connectivity index is 2.36. The number of rotatable bonds is 9. The molecule has 0 bridgehead atoms. The van der Waals surface area contributed by atoms with E-state index in [0.29, 0.717) is 6.04 Å². The lowest BCUT2D eigenvalue weighted by molar-refractivity contribution is 0.437. The van der Waals surface area contributed by atoms with Crippen LogP contribution in [0, 0.1) is 0 Å². The smallest absolute Gasteiger partial charge is 0.0928 e. The lowest BCUT2D eigenvalue weighted by atomic mass is 9.93. The van der Waals surface area contributed by atoms with Crippen LogP contribution in [-0.4, -0.2) is 17.6 Å². The number of nitrogens with one attached hydrogen (secondary N) is 1. The van der Waals surface area contributed by atoms with Crippen molar-refractivity contribution in [2.75, 3.05) is 6.54 Å². The molecule has 1 atom stereocenters. The van der Waals surface area contributed by atoms with Gasteiger partial charge in [-0.3, -0.25) is 0 Å². The summed E-state index contributed by atoms with van der Waals surface area (Å²) in [6, 6.07) is 0.696. The average Bonchev–Trinajstić information content (AvgIpc) is 2.84. The minimum Gasteiger partial charge on any atom is -0.314 e. The molecule has 20 heavy (non-hydrogen) atoms. The molecule has 0 fully saturated rings. The first-order valence-electron chi connectivity index (χ1n) is 8.15. The summed E-state index contributed by atoms with van der Waals surface area (Å²) >= 11 is 1.83. The molecule has 1 N–H and O–H groups in total. The number of hydrogen-bond donors (Lipinski definition) is 1. The van der Waals surface area contributed by atoms with Crippen LogP contribution in [0.15, 0.2) is 5.38 Å². The number of nitrogens with zero attached hydrogens (tertiary/aromatic N) is 1. The third-order valence-corrected chi connectivity index (χ3v) is 4.49. The van der Waals surface area contributed by atoms with Crippen LogP contribution < -0.4 is 5.32 Å². The van der Waals surface area contributed by atoms with Gasteiger partial charge in [-0.05, 0) is 38.6 Å². The monoisotopic (exact) mass is 296 g/mol. The molecule has 0 aliphatic heterocycles. The zero-order chi connectivity index (χ0) is 15.0. The van der Waals surface area contributed by atoms with Crippen LogP contribution >= 0.6 is 11.3 Å². The fourth-order valence-corrected chi connectivity index (χ4v) is 3.38. The summed E-state index contributed by atoms with van der Waals surface area (Å²) in [7, 11) is 0. The van der Waals surface area contributed by atoms with Crippen molar-refractivity contribution in [2.24, 2.45) is 0 Å². The molecular formula is C17H32N2S. The van der Waals surface area contributed by atoms with Crippen LogP contribution in [0.5, 0.6) is 0 Å². The van der Waals surface area contributed by atoms with Gasteiger partial charge in [0.15, 0.2) is 0 Å². The van der Waals surface area contributed by atoms with Crippen molar-refractivity contribution in [2.45, 2.75) is 84.6 Å². The van der Waals surface area contributed by atoms with E-state index < -0.39 is 0 Å². The van der Waals surface area contributed by atoms with E-state index >= 15 is 0 Å². The highest BCUT2D eigenvalue weighted by Gasteiger charge is 2.17. The third-order valence-electron chi connectivity index (χ3n) is 3.58. The van der Waals surface area contributed by atoms with Crippen LogP contribution in [0.2, 0.25) is 0 Å². The van der Waals surface area contributed by atoms with E-state index in [1.54, 1.807) is 0 Å². The van der Waals surface area contributed by atoms with Crippen molar-refractivity contribution in [3.63, 3.8) is 0 Å². The maximum atomic E-state index is 4.78. The zero-order valence-corrected chi connectivity index (χ0v) is 14.8. The molecule has 1 unspecified atom stereocenters. The van der Waals surface area contributed by atoms with Crippen LogP contribution in [0.3, 0.4) is 0 Å². The molecule has 0 saturated carbocycles. The minimum absolute atomic E-state index is 0.183. The second-order valence-electron chi connectivity index (χ2n) is 6.71. The molecule has 0 spiro atoms. The zero-order valence-electron chi connectivity index (χ0n) is 14.0. The fourth-order valence-electron chi connectivity index (χ4n) is 2.32. The number of hydrogen-bond acceptors (Lipinski definition) is 3. The van der Waals surface area contributed by atoms with Crippen LogP contribution in [-0.2, 0) is 11.8 Å². The molecule has 1 aromatic heterocycles. The first-order chi connectivity index (χ1) is 9.47. The summed E-state index contributed by atoms with van der Waals surface area (Å²) in [5.41, 5.74) is 1.43. The van der Waals surface area contributed by atoms with E-state index in [0.717, 1.165) is 13.0 Å². The molecule has 0 saturated heterocycles. The molecule has 0 aliphatic rings. The SMILES string of the molecule is CCCNC(CCC)CCCc1nc(C(C)(C)C)cs1. The summed E-state index contributed by atoms with van der Waals surface area (Å²) < 4.78 is 0. The molecule has 3 heteroatoms. The molecule has 1 rings (SSSR count). The largest absolute Gasteiger partial charge is 0.314 e. The van der Waals surface area contributed by atoms with Crippen molar-refractivity contribution in [3.05, 3.63) is 16.1 Å². The highest BCUT2D eigenvalue weighted by molar-refractivity contribution is 7.09. The first-order valence-corrected chi connectivity index (χ1v) is 9.03. The summed E-state index contributed by atoms with van der Waals surface area (Å²) in [6.45, 7) is 12.4. The van der Waals surface area contributed by atoms with Gasteiger partial charge in [0.2, 0.25) is 0 Å². The maximum Gasteiger partial charge on any atom is 0.0928 e. The topological polar surface area (TPSA) is 24.9 Å². The third kappa shape index (κ3) is 6.36. The Morgan fingerprint density at radius 3 is 2.50 bits per heavy atom. The molecule has 116 valence electrons. The molecule has 0 aliphatic carbocycles. The predicted octanol–water partition coefficient (Wildman–Crippen LogP) is 4.93. The Labute approximate surface area is 129 Å². The van der Waals surface area contributed by atoms with Gasteiger partial charge in [-0.1, -0.05) is 41.0 Å². The lowest BCUT2D eigenvalue weighted by Crippen LogP contribution is -2.29. The van der Waals surface area contributed by atoms with Gasteiger partial charge in [0.1, 0.15) is 0 Å². The Morgan fingerprint density at radius 2 is 1.95 bits per heavy atom. The maximum absolute atomic E-state index is 4.78. The standard InChI is InChI=1S/C17H32N2S/c1-6-9-14(18-12-7-2)10-8-11-16-19-15(13-20-16)17(3,4)5/h13-14,18H,6-12H2,1-5H3. The molecule has 1 heterocycles. The highest BCUT2D eigenvalue weighted by atomic mass is 32.1. The number of thiazole rings is 1. The van der Waals surface area contributed by atoms with Gasteiger partial charge in [-0.25, -0.2) is 4.98 Å². The van der Waals surface area contributed by atoms with Crippen molar-refractivity contribution >= 4 is 11.3 Å². The normalized spacial score (nSPS) is 13.7. The van der Waals surface area contributed by atoms with Crippen molar-refractivity contribution in [1.82, 2.24) is 10.3 Å². The van der Waals surface area contributed by atoms with Crippen LogP contribution in [0.1, 0.15) is 77.4 Å². The van der Waals surface area contributed by atoms with Crippen LogP contribution in [0.4, 0.5) is 0 Å². The Hall–Kier alpha value is -0.410. The highest BCUT2D eigenvalue weighted by Crippen LogP contribution is 2.24. The molecule has 2 nitrogen and oxygen atoms in total. The van der Waals surface area contributed by atoms with Gasteiger partial charge in [0.05, 0.1) is 10.7 Å². The number of aryl methyl sites for hydroxylation is 1. The van der Waals surface area contributed by atoms with Gasteiger partial charge in [0, 0.05) is 16.8 Å². The van der Waals surface area contributed by atoms with Crippen molar-refractivity contribution < 1.29 is 0 Å². The van der Waals surface area contributed by atoms with E-state index in [-0.39, 0.29) is 5.41 Å². The second-order valence-corrected chi connectivity index (χ2v) is 7.65. The van der Waals surface area contributed by atoms with Crippen molar-refractivity contribution in [1.29, 1.82) is 0 Å². The molecule has 0 radical (unpaired) electrons. The Bertz CT molecular complexity index is 365. The van der Waals surface area contributed by atoms with E-state index in [9.17, 15) is 0 Å². The molecule has 0 aromatic carbocycles. The molecule has 1 aromatic rings. The molecular weight excluding hydrogens is 264 g/mol. The van der Waals surface area contributed by atoms with Gasteiger partial charge in [-0.15, -0.1) is 11.3 Å². The Kier molecular flexibility index (Phi) is 7.75. The minimum atomic E-state index is 0.183. The lowest BCUT2D eigenvalue weighted by Gasteiger charge is -2.17. The molecule has 0 amide bonds. The number of aromatic nitrogens is 1. The van der Waals surface area contributed by atoms with E-state index in [1.807, 2.05) is 11.3 Å². The Morgan fingerprint density at radius 1 is 1.20 bits per heavy atom. The first kappa shape index (κ1) is 17.6. The average molecular weight is 297 g/mol. The fraction of sp³-hybridized carbons (Fsp3) is 0.824. The van der Waals surface area contributed by atoms with E-state index in [1.165, 1.54) is 42.8 Å². The summed E-state index contributed by atoms with van der Waals surface area (Å²) in [4.78, 5) is 4.78. The van der Waals surface area contributed by atoms with Crippen LogP contribution in [0.25, 0.3) is 0 Å². The van der Waals surface area contributed by atoms with E-state index in [2.05, 4.69) is 45.3 Å². The quantitative estimate of drug-likeness (QED) is 0.699. The van der Waals surface area contributed by atoms with Crippen molar-refractivity contribution in [3.8, 4) is 0 Å². The van der Waals surface area contributed by atoms with Gasteiger partial charge < -0.3 is 5.32 Å².